The normalized spacial score (nSPS) is 16.8. The zero-order valence-corrected chi connectivity index (χ0v) is 11.6. The molecule has 0 radical (unpaired) electrons. The van der Waals surface area contributed by atoms with E-state index in [1.165, 1.54) is 0 Å². The fraction of sp³-hybridized carbons (Fsp3) is 0.833. The highest BCUT2D eigenvalue weighted by atomic mass is 16.4. The van der Waals surface area contributed by atoms with Crippen molar-refractivity contribution in [1.29, 1.82) is 0 Å². The summed E-state index contributed by atoms with van der Waals surface area (Å²) in [5, 5.41) is 16.7. The van der Waals surface area contributed by atoms with Crippen LogP contribution in [-0.4, -0.2) is 34.2 Å². The van der Waals surface area contributed by atoms with Gasteiger partial charge in [0.1, 0.15) is 12.1 Å². The standard InChI is InChI=1S/2C6H13NO2/c2*1-3-4(2)5(7)6(8)9/h2*4-5H,3,7H2,1-2H3,(H,8,9)/t4?,5-;4-,5+/m11/s1. The number of carboxylic acids is 2. The van der Waals surface area contributed by atoms with E-state index in [0.29, 0.717) is 0 Å². The van der Waals surface area contributed by atoms with E-state index in [0.717, 1.165) is 12.8 Å². The highest BCUT2D eigenvalue weighted by Crippen LogP contribution is 2.04. The number of hydrogen-bond donors (Lipinski definition) is 4. The predicted molar refractivity (Wildman–Crippen MR) is 70.1 cm³/mol. The molecule has 0 rings (SSSR count). The monoisotopic (exact) mass is 262 g/mol. The van der Waals surface area contributed by atoms with Crippen molar-refractivity contribution < 1.29 is 19.8 Å². The summed E-state index contributed by atoms with van der Waals surface area (Å²) in [5.74, 6) is -1.68. The summed E-state index contributed by atoms with van der Waals surface area (Å²) in [6.45, 7) is 7.51. The van der Waals surface area contributed by atoms with Gasteiger partial charge in [-0.15, -0.1) is 0 Å². The van der Waals surface area contributed by atoms with Gasteiger partial charge in [0.15, 0.2) is 0 Å². The van der Waals surface area contributed by atoms with Crippen LogP contribution in [0.1, 0.15) is 40.5 Å². The molecule has 0 aliphatic rings. The first kappa shape index (κ1) is 19.2. The van der Waals surface area contributed by atoms with E-state index in [4.69, 9.17) is 21.7 Å². The number of hydrogen-bond acceptors (Lipinski definition) is 4. The Hall–Kier alpha value is -1.14. The molecule has 6 heteroatoms. The second-order valence-corrected chi connectivity index (χ2v) is 4.50. The highest BCUT2D eigenvalue weighted by molar-refractivity contribution is 5.73. The molecule has 0 aromatic rings. The molecular weight excluding hydrogens is 236 g/mol. The first-order valence-corrected chi connectivity index (χ1v) is 6.15. The van der Waals surface area contributed by atoms with Gasteiger partial charge in [0, 0.05) is 0 Å². The molecule has 0 aromatic carbocycles. The predicted octanol–water partition coefficient (Wildman–Crippen LogP) is 0.889. The summed E-state index contributed by atoms with van der Waals surface area (Å²) in [6.07, 6.45) is 1.63. The zero-order chi connectivity index (χ0) is 14.9. The number of carbonyl (C=O) groups is 2. The molecule has 0 aromatic heterocycles. The van der Waals surface area contributed by atoms with Crippen LogP contribution in [0.15, 0.2) is 0 Å². The van der Waals surface area contributed by atoms with E-state index in [2.05, 4.69) is 0 Å². The Kier molecular flexibility index (Phi) is 10.5. The second kappa shape index (κ2) is 9.85. The quantitative estimate of drug-likeness (QED) is 0.563. The van der Waals surface area contributed by atoms with Crippen LogP contribution >= 0.6 is 0 Å². The van der Waals surface area contributed by atoms with Crippen LogP contribution in [0.4, 0.5) is 0 Å². The van der Waals surface area contributed by atoms with E-state index in [1.807, 2.05) is 27.7 Å². The molecule has 0 aliphatic carbocycles. The fourth-order valence-corrected chi connectivity index (χ4v) is 0.995. The molecule has 108 valence electrons. The topological polar surface area (TPSA) is 127 Å². The minimum absolute atomic E-state index is 0.0718. The number of aliphatic carboxylic acids is 2. The molecule has 6 N–H and O–H groups in total. The Bertz CT molecular complexity index is 232. The number of rotatable bonds is 6. The lowest BCUT2D eigenvalue weighted by Crippen LogP contribution is -2.36. The van der Waals surface area contributed by atoms with Crippen LogP contribution in [0.3, 0.4) is 0 Å². The van der Waals surface area contributed by atoms with Crippen molar-refractivity contribution in [3.8, 4) is 0 Å². The van der Waals surface area contributed by atoms with Crippen LogP contribution in [-0.2, 0) is 9.59 Å². The van der Waals surface area contributed by atoms with Crippen LogP contribution in [0.25, 0.3) is 0 Å². The van der Waals surface area contributed by atoms with Gasteiger partial charge in [0.25, 0.3) is 0 Å². The van der Waals surface area contributed by atoms with Crippen LogP contribution in [0.5, 0.6) is 0 Å². The first-order valence-electron chi connectivity index (χ1n) is 6.15. The Morgan fingerprint density at radius 2 is 1.11 bits per heavy atom. The van der Waals surface area contributed by atoms with Gasteiger partial charge in [-0.2, -0.15) is 0 Å². The molecule has 0 spiro atoms. The minimum atomic E-state index is -0.913. The van der Waals surface area contributed by atoms with Crippen molar-refractivity contribution in [2.24, 2.45) is 23.3 Å². The fourth-order valence-electron chi connectivity index (χ4n) is 0.995. The van der Waals surface area contributed by atoms with Crippen molar-refractivity contribution in [2.45, 2.75) is 52.6 Å². The van der Waals surface area contributed by atoms with E-state index in [-0.39, 0.29) is 11.8 Å². The van der Waals surface area contributed by atoms with Crippen LogP contribution in [0, 0.1) is 11.8 Å². The lowest BCUT2D eigenvalue weighted by Gasteiger charge is -2.11. The van der Waals surface area contributed by atoms with Gasteiger partial charge in [-0.05, 0) is 11.8 Å². The lowest BCUT2D eigenvalue weighted by atomic mass is 10.0. The summed E-state index contributed by atoms with van der Waals surface area (Å²) in [7, 11) is 0. The maximum absolute atomic E-state index is 10.2. The zero-order valence-electron chi connectivity index (χ0n) is 11.6. The van der Waals surface area contributed by atoms with Crippen molar-refractivity contribution >= 4 is 11.9 Å². The molecule has 0 bridgehead atoms. The molecule has 0 amide bonds. The smallest absolute Gasteiger partial charge is 0.320 e. The molecule has 18 heavy (non-hydrogen) atoms. The number of carboxylic acid groups (broad SMARTS) is 2. The van der Waals surface area contributed by atoms with E-state index >= 15 is 0 Å². The third kappa shape index (κ3) is 8.03. The largest absolute Gasteiger partial charge is 0.480 e. The molecule has 4 atom stereocenters. The maximum Gasteiger partial charge on any atom is 0.320 e. The van der Waals surface area contributed by atoms with Gasteiger partial charge in [-0.25, -0.2) is 0 Å². The maximum atomic E-state index is 10.2. The van der Waals surface area contributed by atoms with Gasteiger partial charge < -0.3 is 21.7 Å². The summed E-state index contributed by atoms with van der Waals surface area (Å²) >= 11 is 0. The summed E-state index contributed by atoms with van der Waals surface area (Å²) < 4.78 is 0. The van der Waals surface area contributed by atoms with Crippen LogP contribution < -0.4 is 11.5 Å². The molecule has 0 aliphatic heterocycles. The second-order valence-electron chi connectivity index (χ2n) is 4.50. The molecule has 1 unspecified atom stereocenters. The third-order valence-corrected chi connectivity index (χ3v) is 3.08. The Morgan fingerprint density at radius 1 is 0.889 bits per heavy atom. The van der Waals surface area contributed by atoms with E-state index in [1.54, 1.807) is 0 Å². The van der Waals surface area contributed by atoms with Crippen molar-refractivity contribution in [1.82, 2.24) is 0 Å². The molecule has 0 saturated carbocycles. The van der Waals surface area contributed by atoms with Gasteiger partial charge in [0.05, 0.1) is 0 Å². The molecule has 6 nitrogen and oxygen atoms in total. The average Bonchev–Trinajstić information content (AvgIpc) is 2.35. The first-order chi connectivity index (χ1) is 8.18. The van der Waals surface area contributed by atoms with Gasteiger partial charge in [-0.3, -0.25) is 9.59 Å². The average molecular weight is 262 g/mol. The SMILES string of the molecule is CCC(C)[C@@H](N)C(=O)O.CC[C@@H](C)[C@H](N)C(=O)O. The molecule has 0 saturated heterocycles. The Balaban J connectivity index is 0. The van der Waals surface area contributed by atoms with E-state index in [9.17, 15) is 9.59 Å². The van der Waals surface area contributed by atoms with Gasteiger partial charge in [-0.1, -0.05) is 40.5 Å². The van der Waals surface area contributed by atoms with Crippen molar-refractivity contribution in [3.63, 3.8) is 0 Å². The van der Waals surface area contributed by atoms with Gasteiger partial charge >= 0.3 is 11.9 Å². The van der Waals surface area contributed by atoms with Crippen LogP contribution in [0.2, 0.25) is 0 Å². The summed E-state index contributed by atoms with van der Waals surface area (Å²) in [5.41, 5.74) is 10.5. The molecule has 0 heterocycles. The third-order valence-electron chi connectivity index (χ3n) is 3.08. The summed E-state index contributed by atoms with van der Waals surface area (Å²) in [4.78, 5) is 20.3. The highest BCUT2D eigenvalue weighted by Gasteiger charge is 2.17. The summed E-state index contributed by atoms with van der Waals surface area (Å²) in [6, 6.07) is -1.40. The van der Waals surface area contributed by atoms with Crippen molar-refractivity contribution in [3.05, 3.63) is 0 Å². The minimum Gasteiger partial charge on any atom is -0.480 e. The van der Waals surface area contributed by atoms with Crippen molar-refractivity contribution in [2.75, 3.05) is 0 Å². The Labute approximate surface area is 108 Å². The Morgan fingerprint density at radius 3 is 1.17 bits per heavy atom. The van der Waals surface area contributed by atoms with Gasteiger partial charge in [0.2, 0.25) is 0 Å². The molecule has 0 fully saturated rings. The number of nitrogens with two attached hydrogens (primary N) is 2. The molecular formula is C12H26N2O4. The lowest BCUT2D eigenvalue weighted by molar-refractivity contribution is -0.140. The van der Waals surface area contributed by atoms with E-state index < -0.39 is 24.0 Å².